The van der Waals surface area contributed by atoms with E-state index in [0.29, 0.717) is 30.7 Å². The quantitative estimate of drug-likeness (QED) is 0.239. The molecule has 1 aromatic rings. The van der Waals surface area contributed by atoms with Crippen LogP contribution in [0.4, 0.5) is 0 Å². The van der Waals surface area contributed by atoms with Crippen molar-refractivity contribution in [1.29, 1.82) is 0 Å². The van der Waals surface area contributed by atoms with Crippen LogP contribution in [0.3, 0.4) is 0 Å². The molecule has 0 radical (unpaired) electrons. The van der Waals surface area contributed by atoms with E-state index in [4.69, 9.17) is 16.3 Å². The van der Waals surface area contributed by atoms with Gasteiger partial charge >= 0.3 is 0 Å². The van der Waals surface area contributed by atoms with Crippen molar-refractivity contribution in [2.45, 2.75) is 26.3 Å². The Hall–Kier alpha value is -1.06. The van der Waals surface area contributed by atoms with Crippen molar-refractivity contribution < 1.29 is 9.53 Å². The maximum Gasteiger partial charge on any atom is 0.243 e. The Kier molecular flexibility index (Phi) is 13.5. The number of nitrogens with one attached hydrogen (secondary N) is 2. The van der Waals surface area contributed by atoms with E-state index in [0.717, 1.165) is 12.0 Å². The van der Waals surface area contributed by atoms with Crippen LogP contribution in [-0.4, -0.2) is 57.2 Å². The number of hydrogen-bond donors (Lipinski definition) is 2. The summed E-state index contributed by atoms with van der Waals surface area (Å²) in [5.41, 5.74) is 0.979. The van der Waals surface area contributed by atoms with Gasteiger partial charge < -0.3 is 20.3 Å². The molecule has 0 aliphatic carbocycles. The normalized spacial score (nSPS) is 12.1. The summed E-state index contributed by atoms with van der Waals surface area (Å²) in [4.78, 5) is 17.7. The van der Waals surface area contributed by atoms with Crippen LogP contribution in [-0.2, 0) is 9.53 Å². The Morgan fingerprint density at radius 3 is 2.65 bits per heavy atom. The highest BCUT2D eigenvalue weighted by Gasteiger charge is 2.12. The van der Waals surface area contributed by atoms with E-state index in [-0.39, 0.29) is 42.5 Å². The molecule has 0 spiro atoms. The van der Waals surface area contributed by atoms with Gasteiger partial charge in [0.2, 0.25) is 5.91 Å². The van der Waals surface area contributed by atoms with E-state index >= 15 is 0 Å². The summed E-state index contributed by atoms with van der Waals surface area (Å²) in [5.74, 6) is 0.528. The Balaban J connectivity index is 0.00000625. The Labute approximate surface area is 178 Å². The molecule has 0 bridgehead atoms. The first-order valence-corrected chi connectivity index (χ1v) is 8.90. The molecule has 0 saturated heterocycles. The molecule has 1 rings (SSSR count). The minimum atomic E-state index is -0.0548. The molecular weight excluding hydrogens is 467 g/mol. The summed E-state index contributed by atoms with van der Waals surface area (Å²) >= 11 is 6.26. The minimum Gasteiger partial charge on any atom is -0.382 e. The van der Waals surface area contributed by atoms with Gasteiger partial charge in [0, 0.05) is 38.9 Å². The van der Waals surface area contributed by atoms with Gasteiger partial charge in [-0.1, -0.05) is 29.8 Å². The first kappa shape index (κ1) is 24.9. The molecule has 1 amide bonds. The monoisotopic (exact) mass is 496 g/mol. The molecule has 0 aliphatic rings. The zero-order valence-electron chi connectivity index (χ0n) is 15.9. The Morgan fingerprint density at radius 2 is 2.04 bits per heavy atom. The van der Waals surface area contributed by atoms with Crippen molar-refractivity contribution in [3.63, 3.8) is 0 Å². The lowest BCUT2D eigenvalue weighted by molar-refractivity contribution is -0.127. The van der Waals surface area contributed by atoms with Crippen molar-refractivity contribution >= 4 is 47.4 Å². The lowest BCUT2D eigenvalue weighted by Crippen LogP contribution is -2.40. The highest BCUT2D eigenvalue weighted by Crippen LogP contribution is 2.21. The number of aliphatic imine (C=N–C) groups is 1. The fourth-order valence-corrected chi connectivity index (χ4v) is 2.37. The van der Waals surface area contributed by atoms with Crippen LogP contribution in [0.2, 0.25) is 5.02 Å². The maximum atomic E-state index is 11.8. The first-order valence-electron chi connectivity index (χ1n) is 8.52. The molecule has 1 unspecified atom stereocenters. The Morgan fingerprint density at radius 1 is 1.35 bits per heavy atom. The van der Waals surface area contributed by atoms with E-state index < -0.39 is 0 Å². The van der Waals surface area contributed by atoms with Crippen LogP contribution in [0.25, 0.3) is 0 Å². The predicted molar refractivity (Wildman–Crippen MR) is 119 cm³/mol. The Bertz CT molecular complexity index is 570. The number of ether oxygens (including phenoxy) is 1. The smallest absolute Gasteiger partial charge is 0.243 e. The topological polar surface area (TPSA) is 66.0 Å². The van der Waals surface area contributed by atoms with Crippen LogP contribution < -0.4 is 10.6 Å². The highest BCUT2D eigenvalue weighted by molar-refractivity contribution is 14.0. The molecule has 1 atom stereocenters. The second-order valence-electron chi connectivity index (χ2n) is 5.82. The van der Waals surface area contributed by atoms with E-state index in [1.165, 1.54) is 4.90 Å². The van der Waals surface area contributed by atoms with E-state index in [1.807, 2.05) is 38.1 Å². The number of halogens is 2. The number of benzene rings is 1. The largest absolute Gasteiger partial charge is 0.382 e. The molecule has 0 heterocycles. The molecule has 0 aliphatic heterocycles. The van der Waals surface area contributed by atoms with Crippen molar-refractivity contribution in [2.24, 2.45) is 4.99 Å². The number of amides is 1. The second-order valence-corrected chi connectivity index (χ2v) is 6.22. The van der Waals surface area contributed by atoms with Crippen LogP contribution in [0.1, 0.15) is 31.9 Å². The van der Waals surface area contributed by atoms with Crippen LogP contribution in [0.5, 0.6) is 0 Å². The molecule has 0 fully saturated rings. The number of carbonyl (C=O) groups excluding carboxylic acids is 1. The summed E-state index contributed by atoms with van der Waals surface area (Å²) in [6.07, 6.45) is 0.858. The molecule has 8 heteroatoms. The van der Waals surface area contributed by atoms with E-state index in [2.05, 4.69) is 15.6 Å². The fourth-order valence-electron chi connectivity index (χ4n) is 2.08. The number of rotatable bonds is 9. The molecule has 0 saturated carbocycles. The van der Waals surface area contributed by atoms with Gasteiger partial charge in [-0.2, -0.15) is 0 Å². The van der Waals surface area contributed by atoms with Crippen molar-refractivity contribution in [3.8, 4) is 0 Å². The van der Waals surface area contributed by atoms with Gasteiger partial charge in [0.05, 0.1) is 6.04 Å². The number of guanidine groups is 1. The van der Waals surface area contributed by atoms with Gasteiger partial charge in [-0.15, -0.1) is 24.0 Å². The van der Waals surface area contributed by atoms with Crippen molar-refractivity contribution in [2.75, 3.05) is 40.4 Å². The molecule has 6 nitrogen and oxygen atoms in total. The second kappa shape index (κ2) is 14.1. The average molecular weight is 497 g/mol. The minimum absolute atomic E-state index is 0. The summed E-state index contributed by atoms with van der Waals surface area (Å²) < 4.78 is 5.33. The summed E-state index contributed by atoms with van der Waals surface area (Å²) in [6.45, 7) is 6.17. The predicted octanol–water partition coefficient (Wildman–Crippen LogP) is 3.07. The summed E-state index contributed by atoms with van der Waals surface area (Å²) in [6, 6.07) is 7.63. The third-order valence-corrected chi connectivity index (χ3v) is 3.90. The average Bonchev–Trinajstić information content (AvgIpc) is 2.59. The third-order valence-electron chi connectivity index (χ3n) is 3.56. The lowest BCUT2D eigenvalue weighted by atomic mass is 10.1. The molecule has 26 heavy (non-hydrogen) atoms. The number of likely N-dealkylation sites (N-methyl/N-ethyl adjacent to an activating group) is 1. The van der Waals surface area contributed by atoms with Crippen LogP contribution >= 0.6 is 35.6 Å². The van der Waals surface area contributed by atoms with Gasteiger partial charge in [-0.25, -0.2) is 4.99 Å². The number of carbonyl (C=O) groups is 1. The van der Waals surface area contributed by atoms with E-state index in [9.17, 15) is 4.79 Å². The van der Waals surface area contributed by atoms with Crippen LogP contribution in [0.15, 0.2) is 29.3 Å². The zero-order chi connectivity index (χ0) is 18.7. The maximum absolute atomic E-state index is 11.8. The van der Waals surface area contributed by atoms with E-state index in [1.54, 1.807) is 14.1 Å². The van der Waals surface area contributed by atoms with Crippen molar-refractivity contribution in [1.82, 2.24) is 15.5 Å². The summed E-state index contributed by atoms with van der Waals surface area (Å²) in [5, 5.41) is 7.24. The van der Waals surface area contributed by atoms with Gasteiger partial charge in [0.25, 0.3) is 0 Å². The molecule has 0 aromatic heterocycles. The van der Waals surface area contributed by atoms with Gasteiger partial charge in [-0.05, 0) is 31.9 Å². The number of nitrogens with zero attached hydrogens (tertiary/aromatic N) is 2. The van der Waals surface area contributed by atoms with Crippen LogP contribution in [0, 0.1) is 0 Å². The molecule has 148 valence electrons. The van der Waals surface area contributed by atoms with Gasteiger partial charge in [-0.3, -0.25) is 4.79 Å². The molecule has 2 N–H and O–H groups in total. The molecular formula is C18H30ClIN4O2. The third kappa shape index (κ3) is 9.59. The highest BCUT2D eigenvalue weighted by atomic mass is 127. The first-order chi connectivity index (χ1) is 12.0. The number of hydrogen-bond acceptors (Lipinski definition) is 3. The SMILES string of the molecule is CCOCCCNC(=NCC(=O)N(C)C)NC(C)c1ccccc1Cl.I. The van der Waals surface area contributed by atoms with Gasteiger partial charge in [0.15, 0.2) is 5.96 Å². The molecule has 1 aromatic carbocycles. The standard InChI is InChI=1S/C18H29ClN4O2.HI/c1-5-25-12-8-11-20-18(21-13-17(24)23(3)4)22-14(2)15-9-6-7-10-16(15)19;/h6-7,9-10,14H,5,8,11-13H2,1-4H3,(H2,20,21,22);1H. The van der Waals surface area contributed by atoms with Gasteiger partial charge in [0.1, 0.15) is 6.54 Å². The lowest BCUT2D eigenvalue weighted by Gasteiger charge is -2.20. The summed E-state index contributed by atoms with van der Waals surface area (Å²) in [7, 11) is 3.43. The zero-order valence-corrected chi connectivity index (χ0v) is 19.0. The van der Waals surface area contributed by atoms with Crippen molar-refractivity contribution in [3.05, 3.63) is 34.9 Å². The fraction of sp³-hybridized carbons (Fsp3) is 0.556.